The standard InChI is InChI=1S/C21H22F3N3O3/c22-21(23,24)16-4-1-3-15(13-16)18(12-14-5-6-17(29)11-14)20(30)25-19-7-9-27(26-19)8-2-10-28/h1,3-4,7,9,12-14,28H,2,5-6,8,10-11H2,(H,25,26,30)/b18-12+/t14-/m0/s1. The lowest BCUT2D eigenvalue weighted by Gasteiger charge is -2.13. The average molecular weight is 421 g/mol. The van der Waals surface area contributed by atoms with Crippen LogP contribution in [0.1, 0.15) is 36.8 Å². The summed E-state index contributed by atoms with van der Waals surface area (Å²) in [7, 11) is 0. The number of rotatable bonds is 7. The summed E-state index contributed by atoms with van der Waals surface area (Å²) in [5.41, 5.74) is -0.651. The van der Waals surface area contributed by atoms with E-state index in [1.54, 1.807) is 23.0 Å². The van der Waals surface area contributed by atoms with Gasteiger partial charge < -0.3 is 10.4 Å². The van der Waals surface area contributed by atoms with Crippen molar-refractivity contribution in [2.75, 3.05) is 11.9 Å². The predicted molar refractivity (Wildman–Crippen MR) is 104 cm³/mol. The van der Waals surface area contributed by atoms with E-state index in [9.17, 15) is 22.8 Å². The van der Waals surface area contributed by atoms with Gasteiger partial charge >= 0.3 is 6.18 Å². The minimum absolute atomic E-state index is 0.00406. The predicted octanol–water partition coefficient (Wildman–Crippen LogP) is 3.68. The zero-order chi connectivity index (χ0) is 21.7. The van der Waals surface area contributed by atoms with E-state index in [1.807, 2.05) is 0 Å². The van der Waals surface area contributed by atoms with Crippen LogP contribution < -0.4 is 5.32 Å². The molecular formula is C21H22F3N3O3. The molecule has 1 amide bonds. The number of hydrogen-bond acceptors (Lipinski definition) is 4. The quantitative estimate of drug-likeness (QED) is 0.668. The van der Waals surface area contributed by atoms with E-state index in [0.29, 0.717) is 25.8 Å². The highest BCUT2D eigenvalue weighted by Crippen LogP contribution is 2.33. The molecule has 0 spiro atoms. The fraction of sp³-hybridized carbons (Fsp3) is 0.381. The first-order chi connectivity index (χ1) is 14.3. The first-order valence-electron chi connectivity index (χ1n) is 9.63. The normalized spacial score (nSPS) is 17.4. The average Bonchev–Trinajstić information content (AvgIpc) is 3.32. The molecule has 0 bridgehead atoms. The zero-order valence-electron chi connectivity index (χ0n) is 16.2. The Labute approximate surface area is 171 Å². The molecule has 1 aromatic heterocycles. The number of aromatic nitrogens is 2. The van der Waals surface area contributed by atoms with E-state index in [1.165, 1.54) is 12.1 Å². The second-order valence-corrected chi connectivity index (χ2v) is 7.20. The van der Waals surface area contributed by atoms with Crippen LogP contribution in [0.5, 0.6) is 0 Å². The minimum atomic E-state index is -4.54. The summed E-state index contributed by atoms with van der Waals surface area (Å²) in [4.78, 5) is 24.5. The molecule has 2 aromatic rings. The number of halogens is 3. The highest BCUT2D eigenvalue weighted by molar-refractivity contribution is 6.25. The fourth-order valence-corrected chi connectivity index (χ4v) is 3.36. The molecule has 6 nitrogen and oxygen atoms in total. The number of aryl methyl sites for hydroxylation is 1. The Morgan fingerprint density at radius 3 is 2.80 bits per heavy atom. The Kier molecular flexibility index (Phi) is 6.71. The number of amides is 1. The molecule has 30 heavy (non-hydrogen) atoms. The van der Waals surface area contributed by atoms with Gasteiger partial charge in [0.25, 0.3) is 5.91 Å². The van der Waals surface area contributed by atoms with Crippen LogP contribution >= 0.6 is 0 Å². The van der Waals surface area contributed by atoms with Crippen LogP contribution in [0.2, 0.25) is 0 Å². The largest absolute Gasteiger partial charge is 0.416 e. The first-order valence-corrected chi connectivity index (χ1v) is 9.63. The van der Waals surface area contributed by atoms with Crippen LogP contribution in [0, 0.1) is 5.92 Å². The molecule has 9 heteroatoms. The van der Waals surface area contributed by atoms with Crippen molar-refractivity contribution in [3.8, 4) is 0 Å². The molecule has 0 saturated heterocycles. The maximum Gasteiger partial charge on any atom is 0.416 e. The number of carbonyl (C=O) groups excluding carboxylic acids is 2. The van der Waals surface area contributed by atoms with Crippen molar-refractivity contribution in [2.24, 2.45) is 5.92 Å². The maximum atomic E-state index is 13.1. The molecule has 2 N–H and O–H groups in total. The van der Waals surface area contributed by atoms with Crippen molar-refractivity contribution in [1.82, 2.24) is 9.78 Å². The van der Waals surface area contributed by atoms with Gasteiger partial charge in [0.2, 0.25) is 0 Å². The van der Waals surface area contributed by atoms with Crippen molar-refractivity contribution in [3.05, 3.63) is 53.7 Å². The van der Waals surface area contributed by atoms with Crippen molar-refractivity contribution < 1.29 is 27.9 Å². The molecule has 1 fully saturated rings. The Bertz CT molecular complexity index is 950. The molecule has 160 valence electrons. The number of alkyl halides is 3. The number of ketones is 1. The lowest BCUT2D eigenvalue weighted by Crippen LogP contribution is -2.16. The third-order valence-corrected chi connectivity index (χ3v) is 4.86. The van der Waals surface area contributed by atoms with Gasteiger partial charge in [0.1, 0.15) is 5.78 Å². The summed E-state index contributed by atoms with van der Waals surface area (Å²) in [5.74, 6) is -0.475. The van der Waals surface area contributed by atoms with Gasteiger partial charge in [0.15, 0.2) is 5.82 Å². The lowest BCUT2D eigenvalue weighted by molar-refractivity contribution is -0.137. The van der Waals surface area contributed by atoms with Crippen molar-refractivity contribution in [3.63, 3.8) is 0 Å². The monoisotopic (exact) mass is 421 g/mol. The minimum Gasteiger partial charge on any atom is -0.396 e. The molecule has 0 unspecified atom stereocenters. The molecule has 0 radical (unpaired) electrons. The van der Waals surface area contributed by atoms with Crippen LogP contribution in [-0.2, 0) is 22.3 Å². The molecule has 3 rings (SSSR count). The maximum absolute atomic E-state index is 13.1. The van der Waals surface area contributed by atoms with Crippen LogP contribution in [0.25, 0.3) is 5.57 Å². The van der Waals surface area contributed by atoms with E-state index >= 15 is 0 Å². The van der Waals surface area contributed by atoms with Crippen LogP contribution in [0.3, 0.4) is 0 Å². The fourth-order valence-electron chi connectivity index (χ4n) is 3.36. The van der Waals surface area contributed by atoms with Gasteiger partial charge in [0, 0.05) is 43.8 Å². The van der Waals surface area contributed by atoms with E-state index in [-0.39, 0.29) is 41.7 Å². The van der Waals surface area contributed by atoms with Crippen LogP contribution in [-0.4, -0.2) is 33.2 Å². The summed E-state index contributed by atoms with van der Waals surface area (Å²) in [6.45, 7) is 0.469. The molecule has 1 aliphatic rings. The lowest BCUT2D eigenvalue weighted by atomic mass is 9.96. The molecule has 1 atom stereocenters. The topological polar surface area (TPSA) is 84.2 Å². The molecular weight excluding hydrogens is 399 g/mol. The Morgan fingerprint density at radius 1 is 1.33 bits per heavy atom. The number of nitrogens with one attached hydrogen (secondary N) is 1. The van der Waals surface area contributed by atoms with Crippen LogP contribution in [0.15, 0.2) is 42.6 Å². The summed E-state index contributed by atoms with van der Waals surface area (Å²) in [6, 6.07) is 6.14. The molecule has 1 saturated carbocycles. The second-order valence-electron chi connectivity index (χ2n) is 7.20. The number of benzene rings is 1. The number of anilines is 1. The van der Waals surface area contributed by atoms with Gasteiger partial charge in [-0.2, -0.15) is 18.3 Å². The van der Waals surface area contributed by atoms with Crippen molar-refractivity contribution in [1.29, 1.82) is 0 Å². The van der Waals surface area contributed by atoms with Gasteiger partial charge in [-0.05, 0) is 36.5 Å². The number of carbonyl (C=O) groups is 2. The summed E-state index contributed by atoms with van der Waals surface area (Å²) < 4.78 is 41.0. The second kappa shape index (κ2) is 9.25. The van der Waals surface area contributed by atoms with E-state index in [4.69, 9.17) is 5.11 Å². The SMILES string of the molecule is O=C1CC[C@H](/C=C(/C(=O)Nc2ccn(CCCO)n2)c2cccc(C(F)(F)F)c2)C1. The van der Waals surface area contributed by atoms with Crippen molar-refractivity contribution >= 4 is 23.1 Å². The molecule has 0 aliphatic heterocycles. The van der Waals surface area contributed by atoms with Gasteiger partial charge in [-0.15, -0.1) is 0 Å². The van der Waals surface area contributed by atoms with Crippen molar-refractivity contribution in [2.45, 2.75) is 38.4 Å². The number of allylic oxidation sites excluding steroid dienone is 1. The highest BCUT2D eigenvalue weighted by Gasteiger charge is 2.31. The summed E-state index contributed by atoms with van der Waals surface area (Å²) in [6.07, 6.45) is 0.406. The number of Topliss-reactive ketones (excluding diaryl/α,β-unsaturated/α-hetero) is 1. The Morgan fingerprint density at radius 2 is 2.13 bits per heavy atom. The summed E-state index contributed by atoms with van der Waals surface area (Å²) in [5, 5.41) is 15.7. The number of aliphatic hydroxyl groups is 1. The van der Waals surface area contributed by atoms with Gasteiger partial charge in [-0.3, -0.25) is 14.3 Å². The summed E-state index contributed by atoms with van der Waals surface area (Å²) >= 11 is 0. The zero-order valence-corrected chi connectivity index (χ0v) is 16.2. The van der Waals surface area contributed by atoms with Gasteiger partial charge in [-0.1, -0.05) is 18.2 Å². The molecule has 1 aromatic carbocycles. The Hall–Kier alpha value is -2.94. The van der Waals surface area contributed by atoms with E-state index < -0.39 is 17.6 Å². The third-order valence-electron chi connectivity index (χ3n) is 4.86. The molecule has 1 heterocycles. The smallest absolute Gasteiger partial charge is 0.396 e. The van der Waals surface area contributed by atoms with Gasteiger partial charge in [-0.25, -0.2) is 0 Å². The molecule has 1 aliphatic carbocycles. The number of hydrogen-bond donors (Lipinski definition) is 2. The number of aliphatic hydroxyl groups excluding tert-OH is 1. The van der Waals surface area contributed by atoms with Crippen LogP contribution in [0.4, 0.5) is 19.0 Å². The van der Waals surface area contributed by atoms with Gasteiger partial charge in [0.05, 0.1) is 5.56 Å². The van der Waals surface area contributed by atoms with E-state index in [0.717, 1.165) is 12.1 Å². The number of nitrogens with zero attached hydrogens (tertiary/aromatic N) is 2. The first kappa shape index (κ1) is 21.8. The third kappa shape index (κ3) is 5.56. The highest BCUT2D eigenvalue weighted by atomic mass is 19.4. The Balaban J connectivity index is 1.88. The van der Waals surface area contributed by atoms with E-state index in [2.05, 4.69) is 10.4 Å².